The van der Waals surface area contributed by atoms with Crippen molar-refractivity contribution in [1.82, 2.24) is 19.7 Å². The predicted octanol–water partition coefficient (Wildman–Crippen LogP) is 5.70. The highest BCUT2D eigenvalue weighted by Gasteiger charge is 2.45. The first-order valence-electron chi connectivity index (χ1n) is 12.9. The normalized spacial score (nSPS) is 25.1. The third-order valence-corrected chi connectivity index (χ3v) is 8.29. The fourth-order valence-corrected chi connectivity index (χ4v) is 5.94. The second kappa shape index (κ2) is 11.7. The van der Waals surface area contributed by atoms with Crippen LogP contribution >= 0.6 is 23.2 Å². The number of ketones is 1. The number of aromatic nitrogens is 3. The SMILES string of the molecule is C[C@H]1CC[C@H](CN(CC(=O)c2c(Cl)cncc2Cl)C(=O)c2cnn([C@H]3CC[C@](C)(C(=O)O)CC3)c2C(F)(F)F)O1. The van der Waals surface area contributed by atoms with Gasteiger partial charge < -0.3 is 14.7 Å². The first-order chi connectivity index (χ1) is 18.7. The van der Waals surface area contributed by atoms with Crippen molar-refractivity contribution in [3.05, 3.63) is 45.5 Å². The van der Waals surface area contributed by atoms with Crippen molar-refractivity contribution in [2.75, 3.05) is 13.1 Å². The minimum atomic E-state index is -4.94. The molecule has 1 N–H and O–H groups in total. The molecule has 2 fully saturated rings. The van der Waals surface area contributed by atoms with Crippen LogP contribution in [0.3, 0.4) is 0 Å². The molecular weight excluding hydrogens is 576 g/mol. The summed E-state index contributed by atoms with van der Waals surface area (Å²) in [6, 6.07) is -0.742. The minimum Gasteiger partial charge on any atom is -0.481 e. The lowest BCUT2D eigenvalue weighted by atomic mass is 9.74. The third-order valence-electron chi connectivity index (χ3n) is 7.71. The van der Waals surface area contributed by atoms with Gasteiger partial charge in [-0.15, -0.1) is 0 Å². The highest BCUT2D eigenvalue weighted by Crippen LogP contribution is 2.43. The summed E-state index contributed by atoms with van der Waals surface area (Å²) >= 11 is 12.2. The Balaban J connectivity index is 1.66. The van der Waals surface area contributed by atoms with Crippen LogP contribution in [-0.4, -0.2) is 67.7 Å². The summed E-state index contributed by atoms with van der Waals surface area (Å²) in [6.45, 7) is 2.69. The summed E-state index contributed by atoms with van der Waals surface area (Å²) in [6.07, 6.45) is -0.357. The Labute approximate surface area is 238 Å². The van der Waals surface area contributed by atoms with Crippen LogP contribution in [0.15, 0.2) is 18.6 Å². The number of hydrogen-bond acceptors (Lipinski definition) is 6. The van der Waals surface area contributed by atoms with Crippen LogP contribution in [0.5, 0.6) is 0 Å². The lowest BCUT2D eigenvalue weighted by Gasteiger charge is -2.34. The number of hydrogen-bond donors (Lipinski definition) is 1. The second-order valence-corrected chi connectivity index (χ2v) is 11.5. The van der Waals surface area contributed by atoms with E-state index >= 15 is 0 Å². The molecule has 0 aromatic carbocycles. The van der Waals surface area contributed by atoms with Gasteiger partial charge in [0.15, 0.2) is 11.5 Å². The van der Waals surface area contributed by atoms with Crippen LogP contribution in [-0.2, 0) is 15.7 Å². The predicted molar refractivity (Wildman–Crippen MR) is 139 cm³/mol. The maximum atomic E-state index is 14.4. The monoisotopic (exact) mass is 604 g/mol. The van der Waals surface area contributed by atoms with E-state index in [4.69, 9.17) is 27.9 Å². The topological polar surface area (TPSA) is 115 Å². The van der Waals surface area contributed by atoms with E-state index in [2.05, 4.69) is 10.1 Å². The molecule has 0 bridgehead atoms. The van der Waals surface area contributed by atoms with Crippen LogP contribution < -0.4 is 0 Å². The van der Waals surface area contributed by atoms with E-state index in [-0.39, 0.29) is 53.9 Å². The fourth-order valence-electron chi connectivity index (χ4n) is 5.36. The van der Waals surface area contributed by atoms with Gasteiger partial charge in [-0.2, -0.15) is 18.3 Å². The number of ether oxygens (including phenoxy) is 1. The number of alkyl halides is 3. The van der Waals surface area contributed by atoms with Gasteiger partial charge in [0.1, 0.15) is 0 Å². The number of carbonyl (C=O) groups excluding carboxylic acids is 2. The van der Waals surface area contributed by atoms with Gasteiger partial charge in [0, 0.05) is 18.9 Å². The van der Waals surface area contributed by atoms with Crippen molar-refractivity contribution in [1.29, 1.82) is 0 Å². The lowest BCUT2D eigenvalue weighted by Crippen LogP contribution is -2.42. The summed E-state index contributed by atoms with van der Waals surface area (Å²) < 4.78 is 49.9. The summed E-state index contributed by atoms with van der Waals surface area (Å²) in [5.74, 6) is -2.71. The zero-order valence-electron chi connectivity index (χ0n) is 21.9. The number of Topliss-reactive ketones (excluding diaryl/α,β-unsaturated/α-hetero) is 1. The van der Waals surface area contributed by atoms with Crippen molar-refractivity contribution in [3.8, 4) is 0 Å². The Kier molecular flexibility index (Phi) is 8.82. The zero-order valence-corrected chi connectivity index (χ0v) is 23.4. The molecule has 1 aliphatic heterocycles. The van der Waals surface area contributed by atoms with E-state index in [0.29, 0.717) is 12.8 Å². The lowest BCUT2D eigenvalue weighted by molar-refractivity contribution is -0.152. The average molecular weight is 605 g/mol. The smallest absolute Gasteiger partial charge is 0.433 e. The fraction of sp³-hybridized carbons (Fsp3) is 0.577. The van der Waals surface area contributed by atoms with Gasteiger partial charge in [-0.05, 0) is 52.4 Å². The van der Waals surface area contributed by atoms with Gasteiger partial charge in [-0.1, -0.05) is 23.2 Å². The number of carboxylic acids is 1. The molecule has 3 heterocycles. The van der Waals surface area contributed by atoms with Gasteiger partial charge in [-0.3, -0.25) is 24.0 Å². The molecule has 1 aliphatic carbocycles. The van der Waals surface area contributed by atoms with E-state index in [0.717, 1.165) is 15.8 Å². The van der Waals surface area contributed by atoms with E-state index in [1.54, 1.807) is 6.92 Å². The average Bonchev–Trinajstić information content (AvgIpc) is 3.50. The van der Waals surface area contributed by atoms with E-state index in [1.165, 1.54) is 12.4 Å². The van der Waals surface area contributed by atoms with Gasteiger partial charge >= 0.3 is 12.1 Å². The molecule has 2 aliphatic rings. The van der Waals surface area contributed by atoms with Crippen LogP contribution in [0.2, 0.25) is 10.0 Å². The molecule has 1 saturated heterocycles. The number of pyridine rings is 1. The molecule has 1 amide bonds. The van der Waals surface area contributed by atoms with Crippen molar-refractivity contribution < 1.29 is 37.4 Å². The molecule has 2 atom stereocenters. The van der Waals surface area contributed by atoms with E-state index in [1.807, 2.05) is 6.92 Å². The highest BCUT2D eigenvalue weighted by atomic mass is 35.5. The first-order valence-corrected chi connectivity index (χ1v) is 13.6. The van der Waals surface area contributed by atoms with Crippen molar-refractivity contribution in [3.63, 3.8) is 0 Å². The molecular formula is C26H29Cl2F3N4O5. The molecule has 0 unspecified atom stereocenters. The Hall–Kier alpha value is -2.70. The number of carboxylic acid groups (broad SMARTS) is 1. The number of halogens is 5. The standard InChI is InChI=1S/C26H29Cl2F3N4O5/c1-14-3-4-16(40-14)12-34(13-20(36)21-18(27)10-32-11-19(21)28)23(37)17-9-33-35(22(17)26(29,30)31)15-5-7-25(2,8-6-15)24(38)39/h9-11,14-16H,3-8,12-13H2,1-2H3,(H,38,39)/t14-,15-,16+,25-/m0/s1. The zero-order chi connectivity index (χ0) is 29.4. The summed E-state index contributed by atoms with van der Waals surface area (Å²) in [4.78, 5) is 43.3. The van der Waals surface area contributed by atoms with Gasteiger partial charge in [0.05, 0.1) is 57.6 Å². The number of carbonyl (C=O) groups is 3. The highest BCUT2D eigenvalue weighted by molar-refractivity contribution is 6.39. The van der Waals surface area contributed by atoms with Crippen LogP contribution in [0.4, 0.5) is 13.2 Å². The van der Waals surface area contributed by atoms with Crippen molar-refractivity contribution >= 4 is 40.9 Å². The Morgan fingerprint density at radius 1 is 1.12 bits per heavy atom. The minimum absolute atomic E-state index is 0.0508. The number of aliphatic carboxylic acids is 1. The van der Waals surface area contributed by atoms with Crippen LogP contribution in [0.1, 0.15) is 84.8 Å². The summed E-state index contributed by atoms with van der Waals surface area (Å²) in [7, 11) is 0. The molecule has 9 nitrogen and oxygen atoms in total. The van der Waals surface area contributed by atoms with Gasteiger partial charge in [0.2, 0.25) is 0 Å². The maximum absolute atomic E-state index is 14.4. The largest absolute Gasteiger partial charge is 0.481 e. The van der Waals surface area contributed by atoms with Crippen molar-refractivity contribution in [2.24, 2.45) is 5.41 Å². The summed E-state index contributed by atoms with van der Waals surface area (Å²) in [5, 5.41) is 13.3. The Morgan fingerprint density at radius 2 is 1.75 bits per heavy atom. The van der Waals surface area contributed by atoms with Crippen LogP contribution in [0, 0.1) is 5.41 Å². The van der Waals surface area contributed by atoms with E-state index in [9.17, 15) is 32.7 Å². The molecule has 4 rings (SSSR count). The molecule has 0 spiro atoms. The number of rotatable bonds is 8. The molecule has 2 aromatic heterocycles. The molecule has 40 heavy (non-hydrogen) atoms. The second-order valence-electron chi connectivity index (χ2n) is 10.7. The molecule has 218 valence electrons. The van der Waals surface area contributed by atoms with Gasteiger partial charge in [0.25, 0.3) is 5.91 Å². The molecule has 1 saturated carbocycles. The number of nitrogens with zero attached hydrogens (tertiary/aromatic N) is 4. The first kappa shape index (κ1) is 30.3. The van der Waals surface area contributed by atoms with Crippen molar-refractivity contribution in [2.45, 2.75) is 76.8 Å². The van der Waals surface area contributed by atoms with Gasteiger partial charge in [-0.25, -0.2) is 0 Å². The third kappa shape index (κ3) is 6.28. The maximum Gasteiger partial charge on any atom is 0.433 e. The molecule has 0 radical (unpaired) electrons. The van der Waals surface area contributed by atoms with E-state index < -0.39 is 59.2 Å². The quantitative estimate of drug-likeness (QED) is 0.384. The summed E-state index contributed by atoms with van der Waals surface area (Å²) in [5.41, 5.74) is -3.07. The molecule has 14 heteroatoms. The van der Waals surface area contributed by atoms with Crippen LogP contribution in [0.25, 0.3) is 0 Å². The number of amides is 1. The Bertz CT molecular complexity index is 1270. The molecule has 2 aromatic rings. The Morgan fingerprint density at radius 3 is 2.27 bits per heavy atom.